The van der Waals surface area contributed by atoms with Crippen LogP contribution in [-0.4, -0.2) is 39.9 Å². The fraction of sp³-hybridized carbons (Fsp3) is 0.286. The van der Waals surface area contributed by atoms with Gasteiger partial charge in [0.15, 0.2) is 69.8 Å². The summed E-state index contributed by atoms with van der Waals surface area (Å²) < 4.78 is 210. The highest BCUT2D eigenvalue weighted by atomic mass is 19.2. The third kappa shape index (κ3) is 18.1. The normalized spacial score (nSPS) is 12.7. The van der Waals surface area contributed by atoms with Gasteiger partial charge in [-0.3, -0.25) is 0 Å². The van der Waals surface area contributed by atoms with Gasteiger partial charge in [0.05, 0.1) is 43.8 Å². The average molecular weight is 1840 g/mol. The number of H-pyrrole nitrogens is 2. The molecule has 17 rings (SSSR count). The number of aromatic nitrogens is 8. The van der Waals surface area contributed by atoms with Crippen LogP contribution in [0.1, 0.15) is 211 Å². The molecule has 12 aromatic carbocycles. The summed E-state index contributed by atoms with van der Waals surface area (Å²) in [6.07, 6.45) is 0. The lowest BCUT2D eigenvalue weighted by molar-refractivity contribution is 0.376. The van der Waals surface area contributed by atoms with E-state index in [1.54, 1.807) is 194 Å². The molecule has 24 heteroatoms. The van der Waals surface area contributed by atoms with E-state index in [0.29, 0.717) is 0 Å². The van der Waals surface area contributed by atoms with Crippen molar-refractivity contribution in [1.82, 2.24) is 39.9 Å². The van der Waals surface area contributed by atoms with Crippen LogP contribution in [0.2, 0.25) is 0 Å². The molecular weight excluding hydrogens is 1740 g/mol. The van der Waals surface area contributed by atoms with Crippen LogP contribution >= 0.6 is 0 Å². The number of halogens is 8. The fourth-order valence-electron chi connectivity index (χ4n) is 16.1. The van der Waals surface area contributed by atoms with Crippen molar-refractivity contribution in [2.75, 3.05) is 0 Å². The van der Waals surface area contributed by atoms with E-state index >= 15 is 35.1 Å². The quantitative estimate of drug-likeness (QED) is 0.0871. The van der Waals surface area contributed by atoms with Crippen molar-refractivity contribution in [1.29, 1.82) is 0 Å². The van der Waals surface area contributed by atoms with Gasteiger partial charge in [-0.15, -0.1) is 0 Å². The maximum Gasteiger partial charge on any atom is 0.209 e. The molecule has 0 aliphatic carbocycles. The first-order valence-electron chi connectivity index (χ1n) is 45.0. The van der Waals surface area contributed by atoms with Crippen molar-refractivity contribution in [3.05, 3.63) is 285 Å². The second-order valence-corrected chi connectivity index (χ2v) is 42.8. The molecule has 3 aromatic heterocycles. The van der Waals surface area contributed by atoms with E-state index in [2.05, 4.69) is 9.97 Å². The highest BCUT2D eigenvalue weighted by molar-refractivity contribution is 6.09. The minimum atomic E-state index is -1.44. The Morgan fingerprint density at radius 3 is 0.404 bits per heavy atom. The van der Waals surface area contributed by atoms with Crippen molar-refractivity contribution in [2.45, 2.75) is 209 Å². The zero-order valence-corrected chi connectivity index (χ0v) is 80.4. The van der Waals surface area contributed by atoms with Crippen molar-refractivity contribution in [3.63, 3.8) is 0 Å². The van der Waals surface area contributed by atoms with Crippen molar-refractivity contribution < 1.29 is 73.0 Å². The van der Waals surface area contributed by atoms with Crippen molar-refractivity contribution in [2.24, 2.45) is 0 Å². The number of nitrogens with zero attached hydrogens (tertiary/aromatic N) is 6. The first kappa shape index (κ1) is 93.6. The van der Waals surface area contributed by atoms with Gasteiger partial charge in [-0.05, 0) is 185 Å². The SMILES string of the molecule is CC(C)(C)c1ccc(Oc2c(F)c3c(c(F)c2Oc2ccc(C(C)(C)C)cc2)-c2nc-3nc3[nH]c(nc4nc(nc5[nH]c(n2)c2c(F)c(Oc6ccc(C(C)(C)C)cc6)c(Oc6ccc(C(C)(C)C)cc6)c(F)c52)-c2c(F)c(Oc5ccc(C(C)(C)C)cc5)c(Oc5ccc(C(C)(C)C)cc5)c(F)c2-4)c2c(F)c(Oc4ccc(C(C)(C)C)cc4)c(Oc4ccc(C(C)(C)C)cc4)c(F)c32)cc1. The second kappa shape index (κ2) is 34.0. The zero-order valence-electron chi connectivity index (χ0n) is 80.4. The van der Waals surface area contributed by atoms with Gasteiger partial charge in [0.2, 0.25) is 46.0 Å². The minimum absolute atomic E-state index is 0.0202. The minimum Gasteiger partial charge on any atom is -0.450 e. The molecule has 0 saturated heterocycles. The number of aromatic amines is 2. The summed E-state index contributed by atoms with van der Waals surface area (Å²) in [6.45, 7) is 47.7. The van der Waals surface area contributed by atoms with E-state index in [0.717, 1.165) is 44.5 Å². The topological polar surface area (TPSA) is 183 Å². The molecule has 2 aliphatic heterocycles. The third-order valence-corrected chi connectivity index (χ3v) is 24.3. The molecule has 0 unspecified atom stereocenters. The molecule has 16 nitrogen and oxygen atoms in total. The Kier molecular flexibility index (Phi) is 23.4. The molecule has 0 amide bonds. The van der Waals surface area contributed by atoms with Crippen molar-refractivity contribution >= 4 is 44.1 Å². The number of ether oxygens (including phenoxy) is 8. The number of hydrogen-bond acceptors (Lipinski definition) is 14. The van der Waals surface area contributed by atoms with E-state index in [1.807, 2.05) is 166 Å². The Labute approximate surface area is 784 Å². The lowest BCUT2D eigenvalue weighted by Gasteiger charge is -2.21. The lowest BCUT2D eigenvalue weighted by atomic mass is 9.87. The highest BCUT2D eigenvalue weighted by Gasteiger charge is 2.42. The molecule has 0 spiro atoms. The van der Waals surface area contributed by atoms with Gasteiger partial charge in [0.1, 0.15) is 68.6 Å². The first-order valence-corrected chi connectivity index (χ1v) is 45.0. The van der Waals surface area contributed by atoms with Crippen LogP contribution in [0, 0.1) is 46.5 Å². The number of benzene rings is 12. The average Bonchev–Trinajstić information content (AvgIpc) is 1.56. The molecule has 15 aromatic rings. The summed E-state index contributed by atoms with van der Waals surface area (Å²) in [5, 5.41) is -3.37. The Balaban J connectivity index is 1.05. The van der Waals surface area contributed by atoms with Crippen LogP contribution in [0.4, 0.5) is 35.1 Å². The highest BCUT2D eigenvalue weighted by Crippen LogP contribution is 2.56. The second-order valence-electron chi connectivity index (χ2n) is 42.8. The van der Waals surface area contributed by atoms with Gasteiger partial charge in [0, 0.05) is 0 Å². The van der Waals surface area contributed by atoms with Crippen LogP contribution in [0.25, 0.3) is 89.7 Å². The van der Waals surface area contributed by atoms with Crippen LogP contribution in [0.15, 0.2) is 194 Å². The Bertz CT molecular complexity index is 6560. The summed E-state index contributed by atoms with van der Waals surface area (Å²) in [7, 11) is 0. The molecule has 0 saturated carbocycles. The molecule has 5 heterocycles. The van der Waals surface area contributed by atoms with E-state index < -0.39 is 226 Å². The molecule has 0 atom stereocenters. The van der Waals surface area contributed by atoms with Crippen LogP contribution < -0.4 is 37.9 Å². The molecule has 0 fully saturated rings. The zero-order chi connectivity index (χ0) is 97.7. The van der Waals surface area contributed by atoms with Gasteiger partial charge < -0.3 is 47.9 Å². The van der Waals surface area contributed by atoms with E-state index in [9.17, 15) is 0 Å². The lowest BCUT2D eigenvalue weighted by Crippen LogP contribution is -2.10. The summed E-state index contributed by atoms with van der Waals surface area (Å²) in [4.78, 5) is 35.1. The number of fused-ring (bicyclic) bond motifs is 20. The smallest absolute Gasteiger partial charge is 0.209 e. The molecule has 2 N–H and O–H groups in total. The van der Waals surface area contributed by atoms with Gasteiger partial charge >= 0.3 is 0 Å². The van der Waals surface area contributed by atoms with Crippen LogP contribution in [0.3, 0.4) is 0 Å². The predicted molar refractivity (Wildman–Crippen MR) is 517 cm³/mol. The summed E-state index contributed by atoms with van der Waals surface area (Å²) in [5.74, 6) is -22.2. The maximum atomic E-state index is 19.7. The van der Waals surface area contributed by atoms with E-state index in [-0.39, 0.29) is 46.0 Å². The molecule has 8 bridgehead atoms. The Hall–Kier alpha value is -14.2. The van der Waals surface area contributed by atoms with Gasteiger partial charge in [-0.1, -0.05) is 263 Å². The molecule has 0 radical (unpaired) electrons. The van der Waals surface area contributed by atoms with E-state index in [4.69, 9.17) is 67.8 Å². The van der Waals surface area contributed by atoms with Gasteiger partial charge in [0.25, 0.3) is 0 Å². The van der Waals surface area contributed by atoms with Crippen LogP contribution in [0.5, 0.6) is 92.0 Å². The Morgan fingerprint density at radius 2 is 0.287 bits per heavy atom. The molecule has 136 heavy (non-hydrogen) atoms. The predicted octanol–water partition coefficient (Wildman–Crippen LogP) is 32.7. The largest absolute Gasteiger partial charge is 0.450 e. The van der Waals surface area contributed by atoms with Crippen molar-refractivity contribution in [3.8, 4) is 138 Å². The summed E-state index contributed by atoms with van der Waals surface area (Å²) in [5.41, 5.74) is -3.04. The number of hydrogen-bond donors (Lipinski definition) is 2. The Morgan fingerprint density at radius 1 is 0.169 bits per heavy atom. The van der Waals surface area contributed by atoms with E-state index in [1.165, 1.54) is 0 Å². The third-order valence-electron chi connectivity index (χ3n) is 24.3. The van der Waals surface area contributed by atoms with Gasteiger partial charge in [-0.2, -0.15) is 0 Å². The van der Waals surface area contributed by atoms with Crippen LogP contribution in [-0.2, 0) is 43.3 Å². The molecule has 698 valence electrons. The van der Waals surface area contributed by atoms with Gasteiger partial charge in [-0.25, -0.2) is 65.0 Å². The monoisotopic (exact) mass is 1840 g/mol. The molecular formula is C112H106F8N8O8. The fourth-order valence-corrected chi connectivity index (χ4v) is 16.1. The first-order chi connectivity index (χ1) is 63.7. The molecule has 2 aliphatic rings. The summed E-state index contributed by atoms with van der Waals surface area (Å²) in [6, 6.07) is 52.8. The number of nitrogens with one attached hydrogen (secondary N) is 2. The standard InChI is InChI=1S/C112H106F8N8O8/c1-105(2,3)57-25-41-65(42-26-57)129-89-81(113)73-74(82(114)90(89)130-66-43-27-58(28-44-66)106(4,5)6)98-121-97(73)125-99-75-76(84(116)92(132-68-47-31-60(32-48-68)108(10,11)12)91(83(75)115)131-67-45-29-59(30-46-67)107(7,8)9)101(122-99)127-103-79-80(88(120)96(136-72-55-39-64(40-56-72)112(22,23)24)95(87(79)119)135-71-53-37-63(38-54-71)111(19,20)21)104(124-103)128-102-78-77(100(123-102)126-98)85(117)93(133-69-49-33-61(34-50-69)109(13,14)15)94(86(78)118)134-70-51-35-62(36-52-70)110(16,17)18/h25-56H,1-24H3,(H2,121,122,123,124,125,126,127,128). The maximum absolute atomic E-state index is 19.7. The summed E-state index contributed by atoms with van der Waals surface area (Å²) >= 11 is 0. The number of rotatable bonds is 16.